The number of likely N-dealkylation sites (N-methyl/N-ethyl adjacent to an activating group) is 1. The van der Waals surface area contributed by atoms with Crippen molar-refractivity contribution in [2.45, 2.75) is 26.7 Å². The maximum absolute atomic E-state index is 14.3. The molecule has 0 spiro atoms. The summed E-state index contributed by atoms with van der Waals surface area (Å²) in [5.74, 6) is -0.312. The highest BCUT2D eigenvalue weighted by Gasteiger charge is 2.30. The number of hydrogen-bond donors (Lipinski definition) is 0. The molecule has 3 aromatic carbocycles. The minimum Gasteiger partial charge on any atom is -0.302 e. The third kappa shape index (κ3) is 5.32. The van der Waals surface area contributed by atoms with Crippen LogP contribution in [-0.2, 0) is 4.79 Å². The maximum atomic E-state index is 14.3. The van der Waals surface area contributed by atoms with Crippen molar-refractivity contribution in [2.24, 2.45) is 0 Å². The molecule has 4 aromatic rings. The van der Waals surface area contributed by atoms with Crippen molar-refractivity contribution in [3.05, 3.63) is 95.6 Å². The highest BCUT2D eigenvalue weighted by molar-refractivity contribution is 7.22. The molecule has 0 bridgehead atoms. The molecule has 33 heavy (non-hydrogen) atoms. The second-order valence-corrected chi connectivity index (χ2v) is 9.25. The molecule has 0 atom stereocenters. The largest absolute Gasteiger partial charge is 0.302 e. The second kappa shape index (κ2) is 10.7. The minimum atomic E-state index is -0.377. The van der Waals surface area contributed by atoms with E-state index in [9.17, 15) is 4.79 Å². The summed E-state index contributed by atoms with van der Waals surface area (Å²) in [7, 11) is 0. The van der Waals surface area contributed by atoms with Gasteiger partial charge in [0.05, 0.1) is 16.1 Å². The van der Waals surface area contributed by atoms with Crippen molar-refractivity contribution < 1.29 is 4.79 Å². The Morgan fingerprint density at radius 2 is 1.48 bits per heavy atom. The van der Waals surface area contributed by atoms with Gasteiger partial charge in [0.1, 0.15) is 0 Å². The van der Waals surface area contributed by atoms with Gasteiger partial charge in [-0.1, -0.05) is 91.9 Å². The highest BCUT2D eigenvalue weighted by atomic mass is 32.1. The molecule has 1 aromatic heterocycles. The van der Waals surface area contributed by atoms with Gasteiger partial charge in [-0.3, -0.25) is 9.69 Å². The van der Waals surface area contributed by atoms with Gasteiger partial charge in [0.25, 0.3) is 0 Å². The summed E-state index contributed by atoms with van der Waals surface area (Å²) in [6.45, 7) is 9.74. The van der Waals surface area contributed by atoms with Crippen LogP contribution in [-0.4, -0.2) is 42.0 Å². The summed E-state index contributed by atoms with van der Waals surface area (Å²) in [5.41, 5.74) is 4.14. The van der Waals surface area contributed by atoms with Crippen LogP contribution in [0.15, 0.2) is 78.9 Å². The van der Waals surface area contributed by atoms with Crippen LogP contribution in [0.2, 0.25) is 0 Å². The maximum Gasteiger partial charge on any atom is 0.240 e. The van der Waals surface area contributed by atoms with E-state index in [2.05, 4.69) is 37.8 Å². The molecule has 170 valence electrons. The lowest BCUT2D eigenvalue weighted by atomic mass is 9.90. The van der Waals surface area contributed by atoms with E-state index >= 15 is 0 Å². The number of thiazole rings is 1. The van der Waals surface area contributed by atoms with Gasteiger partial charge in [0.2, 0.25) is 5.91 Å². The van der Waals surface area contributed by atoms with Gasteiger partial charge >= 0.3 is 0 Å². The topological polar surface area (TPSA) is 36.4 Å². The van der Waals surface area contributed by atoms with E-state index in [0.29, 0.717) is 6.54 Å². The number of fused-ring (bicyclic) bond motifs is 1. The van der Waals surface area contributed by atoms with E-state index < -0.39 is 0 Å². The van der Waals surface area contributed by atoms with Gasteiger partial charge in [0.15, 0.2) is 5.13 Å². The zero-order valence-corrected chi connectivity index (χ0v) is 20.4. The molecular formula is C28H31N3OS. The summed E-state index contributed by atoms with van der Waals surface area (Å²) in [5, 5.41) is 0.768. The lowest BCUT2D eigenvalue weighted by Gasteiger charge is -2.28. The lowest BCUT2D eigenvalue weighted by Crippen LogP contribution is -2.41. The van der Waals surface area contributed by atoms with Crippen molar-refractivity contribution >= 4 is 32.6 Å². The van der Waals surface area contributed by atoms with Gasteiger partial charge < -0.3 is 4.90 Å². The Morgan fingerprint density at radius 1 is 0.879 bits per heavy atom. The number of carbonyl (C=O) groups excluding carboxylic acids is 1. The van der Waals surface area contributed by atoms with E-state index in [1.54, 1.807) is 11.3 Å². The normalized spacial score (nSPS) is 11.4. The molecule has 1 amide bonds. The van der Waals surface area contributed by atoms with Gasteiger partial charge in [0, 0.05) is 13.1 Å². The molecule has 1 heterocycles. The number of nitrogens with zero attached hydrogens (tertiary/aromatic N) is 3. The average Bonchev–Trinajstić information content (AvgIpc) is 3.26. The molecule has 0 radical (unpaired) electrons. The zero-order chi connectivity index (χ0) is 23.2. The predicted molar refractivity (Wildman–Crippen MR) is 139 cm³/mol. The number of aryl methyl sites for hydroxylation is 1. The Balaban J connectivity index is 1.77. The molecule has 0 aliphatic heterocycles. The number of amides is 1. The van der Waals surface area contributed by atoms with Crippen molar-refractivity contribution in [3.8, 4) is 0 Å². The fourth-order valence-electron chi connectivity index (χ4n) is 4.14. The van der Waals surface area contributed by atoms with E-state index in [1.165, 1.54) is 5.56 Å². The van der Waals surface area contributed by atoms with Crippen molar-refractivity contribution in [2.75, 3.05) is 31.1 Å². The summed E-state index contributed by atoms with van der Waals surface area (Å²) in [6, 6.07) is 26.4. The molecule has 0 saturated carbocycles. The van der Waals surface area contributed by atoms with Crippen LogP contribution in [0.1, 0.15) is 36.5 Å². The van der Waals surface area contributed by atoms with Crippen LogP contribution >= 0.6 is 11.3 Å². The zero-order valence-electron chi connectivity index (χ0n) is 19.6. The van der Waals surface area contributed by atoms with Crippen LogP contribution in [0.3, 0.4) is 0 Å². The van der Waals surface area contributed by atoms with Crippen LogP contribution in [0, 0.1) is 6.92 Å². The van der Waals surface area contributed by atoms with E-state index in [0.717, 1.165) is 46.1 Å². The summed E-state index contributed by atoms with van der Waals surface area (Å²) < 4.78 is 1.11. The van der Waals surface area contributed by atoms with E-state index in [4.69, 9.17) is 4.98 Å². The van der Waals surface area contributed by atoms with E-state index in [1.807, 2.05) is 71.6 Å². The number of anilines is 1. The molecule has 0 saturated heterocycles. The monoisotopic (exact) mass is 457 g/mol. The number of carbonyl (C=O) groups is 1. The molecule has 0 aliphatic rings. The Bertz CT molecular complexity index is 1150. The van der Waals surface area contributed by atoms with Gasteiger partial charge in [-0.05, 0) is 48.8 Å². The van der Waals surface area contributed by atoms with Crippen molar-refractivity contribution in [3.63, 3.8) is 0 Å². The molecule has 4 rings (SSSR count). The molecule has 0 fully saturated rings. The number of benzene rings is 3. The SMILES string of the molecule is CCN(CC)CCN(C(=O)C(c1ccccc1)c1ccccc1)c1nc2ccc(C)cc2s1. The summed E-state index contributed by atoms with van der Waals surface area (Å²) >= 11 is 1.60. The standard InChI is InChI=1S/C28H31N3OS/c1-4-30(5-2)18-19-31(28-29-24-17-16-21(3)20-25(24)33-28)27(32)26(22-12-8-6-9-13-22)23-14-10-7-11-15-23/h6-17,20,26H,4-5,18-19H2,1-3H3. The quantitative estimate of drug-likeness (QED) is 0.304. The van der Waals surface area contributed by atoms with Crippen LogP contribution in [0.25, 0.3) is 10.2 Å². The first-order valence-electron chi connectivity index (χ1n) is 11.6. The smallest absolute Gasteiger partial charge is 0.240 e. The Hall–Kier alpha value is -3.02. The third-order valence-corrected chi connectivity index (χ3v) is 7.12. The second-order valence-electron chi connectivity index (χ2n) is 8.24. The van der Waals surface area contributed by atoms with Crippen molar-refractivity contribution in [1.82, 2.24) is 9.88 Å². The van der Waals surface area contributed by atoms with Gasteiger partial charge in [-0.15, -0.1) is 0 Å². The van der Waals surface area contributed by atoms with Crippen LogP contribution < -0.4 is 4.90 Å². The summed E-state index contributed by atoms with van der Waals surface area (Å²) in [6.07, 6.45) is 0. The lowest BCUT2D eigenvalue weighted by molar-refractivity contribution is -0.119. The molecule has 5 heteroatoms. The van der Waals surface area contributed by atoms with Gasteiger partial charge in [-0.2, -0.15) is 0 Å². The Kier molecular flexibility index (Phi) is 7.53. The Labute approximate surface area is 200 Å². The summed E-state index contributed by atoms with van der Waals surface area (Å²) in [4.78, 5) is 23.4. The molecule has 0 unspecified atom stereocenters. The highest BCUT2D eigenvalue weighted by Crippen LogP contribution is 2.33. The van der Waals surface area contributed by atoms with Gasteiger partial charge in [-0.25, -0.2) is 4.98 Å². The molecule has 0 aliphatic carbocycles. The number of hydrogen-bond acceptors (Lipinski definition) is 4. The fourth-order valence-corrected chi connectivity index (χ4v) is 5.24. The van der Waals surface area contributed by atoms with Crippen molar-refractivity contribution in [1.29, 1.82) is 0 Å². The fraction of sp³-hybridized carbons (Fsp3) is 0.286. The number of aromatic nitrogens is 1. The first-order valence-corrected chi connectivity index (χ1v) is 12.4. The molecular weight excluding hydrogens is 426 g/mol. The minimum absolute atomic E-state index is 0.0651. The van der Waals surface area contributed by atoms with E-state index in [-0.39, 0.29) is 11.8 Å². The Morgan fingerprint density at radius 3 is 2.06 bits per heavy atom. The number of rotatable bonds is 9. The van der Waals surface area contributed by atoms with Crippen LogP contribution in [0.4, 0.5) is 5.13 Å². The molecule has 4 nitrogen and oxygen atoms in total. The predicted octanol–water partition coefficient (Wildman–Crippen LogP) is 6.11. The first-order chi connectivity index (χ1) is 16.1. The first kappa shape index (κ1) is 23.1. The van der Waals surface area contributed by atoms with Crippen LogP contribution in [0.5, 0.6) is 0 Å². The molecule has 0 N–H and O–H groups in total. The third-order valence-electron chi connectivity index (χ3n) is 6.08. The average molecular weight is 458 g/mol.